The Bertz CT molecular complexity index is 884. The molecule has 0 aliphatic carbocycles. The fraction of sp³-hybridized carbons (Fsp3) is 0.450. The Morgan fingerprint density at radius 3 is 2.41 bits per heavy atom. The van der Waals surface area contributed by atoms with Gasteiger partial charge < -0.3 is 9.80 Å². The summed E-state index contributed by atoms with van der Waals surface area (Å²) in [6.07, 6.45) is 4.75. The maximum Gasteiger partial charge on any atom is 0.257 e. The normalized spacial score (nSPS) is 17.0. The van der Waals surface area contributed by atoms with Crippen LogP contribution in [-0.2, 0) is 13.0 Å². The van der Waals surface area contributed by atoms with Crippen LogP contribution in [0.1, 0.15) is 44.8 Å². The molecule has 0 bridgehead atoms. The third kappa shape index (κ3) is 3.34. The van der Waals surface area contributed by atoms with Gasteiger partial charge in [0.25, 0.3) is 11.8 Å². The number of aromatic nitrogens is 2. The predicted molar refractivity (Wildman–Crippen MR) is 98.1 cm³/mol. The fourth-order valence-corrected chi connectivity index (χ4v) is 3.79. The highest BCUT2D eigenvalue weighted by molar-refractivity contribution is 5.96. The smallest absolute Gasteiger partial charge is 0.257 e. The van der Waals surface area contributed by atoms with Gasteiger partial charge in [-0.05, 0) is 43.9 Å². The van der Waals surface area contributed by atoms with Crippen LogP contribution in [0.25, 0.3) is 0 Å². The number of carbonyl (C=O) groups is 2. The van der Waals surface area contributed by atoms with E-state index >= 15 is 0 Å². The third-order valence-electron chi connectivity index (χ3n) is 5.49. The van der Waals surface area contributed by atoms with Crippen molar-refractivity contribution in [3.8, 4) is 0 Å². The summed E-state index contributed by atoms with van der Waals surface area (Å²) < 4.78 is 15.7. The van der Waals surface area contributed by atoms with E-state index in [2.05, 4.69) is 5.10 Å². The van der Waals surface area contributed by atoms with Crippen molar-refractivity contribution in [1.82, 2.24) is 19.6 Å². The highest BCUT2D eigenvalue weighted by atomic mass is 19.1. The van der Waals surface area contributed by atoms with Gasteiger partial charge in [0.05, 0.1) is 17.5 Å². The van der Waals surface area contributed by atoms with Crippen LogP contribution in [0, 0.1) is 12.7 Å². The number of aryl methyl sites for hydroxylation is 2. The third-order valence-corrected chi connectivity index (χ3v) is 5.49. The molecule has 0 radical (unpaired) electrons. The SMILES string of the molecule is Cc1ccc(C(=O)N2CCN(C(=O)c3cnn4c3CCCC4)CC2)cc1F. The van der Waals surface area contributed by atoms with Crippen molar-refractivity contribution in [1.29, 1.82) is 0 Å². The first-order valence-electron chi connectivity index (χ1n) is 9.44. The summed E-state index contributed by atoms with van der Waals surface area (Å²) in [5, 5.41) is 4.34. The summed E-state index contributed by atoms with van der Waals surface area (Å²) in [6, 6.07) is 4.55. The standard InChI is InChI=1S/C20H23FN4O2/c1-14-5-6-15(12-17(14)21)19(26)23-8-10-24(11-9-23)20(27)16-13-22-25-7-3-2-4-18(16)25/h5-6,12-13H,2-4,7-11H2,1H3. The zero-order valence-corrected chi connectivity index (χ0v) is 15.4. The van der Waals surface area contributed by atoms with Crippen molar-refractivity contribution >= 4 is 11.8 Å². The number of amides is 2. The molecule has 1 aromatic carbocycles. The second-order valence-corrected chi connectivity index (χ2v) is 7.23. The van der Waals surface area contributed by atoms with E-state index in [1.165, 1.54) is 6.07 Å². The van der Waals surface area contributed by atoms with Gasteiger partial charge in [0.2, 0.25) is 0 Å². The Kier molecular flexibility index (Phi) is 4.68. The second-order valence-electron chi connectivity index (χ2n) is 7.23. The van der Waals surface area contributed by atoms with E-state index in [4.69, 9.17) is 0 Å². The molecule has 1 aromatic heterocycles. The summed E-state index contributed by atoms with van der Waals surface area (Å²) in [5.74, 6) is -0.573. The largest absolute Gasteiger partial charge is 0.335 e. The molecular weight excluding hydrogens is 347 g/mol. The number of halogens is 1. The minimum absolute atomic E-state index is 0.00775. The van der Waals surface area contributed by atoms with E-state index < -0.39 is 0 Å². The van der Waals surface area contributed by atoms with Crippen LogP contribution >= 0.6 is 0 Å². The van der Waals surface area contributed by atoms with Gasteiger partial charge >= 0.3 is 0 Å². The van der Waals surface area contributed by atoms with Gasteiger partial charge in [-0.3, -0.25) is 14.3 Å². The number of hydrogen-bond acceptors (Lipinski definition) is 3. The minimum Gasteiger partial charge on any atom is -0.335 e. The van der Waals surface area contributed by atoms with Gasteiger partial charge in [-0.2, -0.15) is 5.10 Å². The van der Waals surface area contributed by atoms with Crippen LogP contribution in [0.5, 0.6) is 0 Å². The zero-order valence-electron chi connectivity index (χ0n) is 15.4. The van der Waals surface area contributed by atoms with Crippen LogP contribution in [0.15, 0.2) is 24.4 Å². The maximum absolute atomic E-state index is 13.7. The topological polar surface area (TPSA) is 58.4 Å². The maximum atomic E-state index is 13.7. The Balaban J connectivity index is 1.41. The van der Waals surface area contributed by atoms with E-state index in [0.717, 1.165) is 31.5 Å². The van der Waals surface area contributed by atoms with Crippen LogP contribution in [0.3, 0.4) is 0 Å². The second kappa shape index (κ2) is 7.13. The Hall–Kier alpha value is -2.70. The lowest BCUT2D eigenvalue weighted by Crippen LogP contribution is -2.50. The van der Waals surface area contributed by atoms with Gasteiger partial charge in [-0.25, -0.2) is 4.39 Å². The molecule has 0 spiro atoms. The summed E-state index contributed by atoms with van der Waals surface area (Å²) in [6.45, 7) is 4.39. The highest BCUT2D eigenvalue weighted by Crippen LogP contribution is 2.20. The highest BCUT2D eigenvalue weighted by Gasteiger charge is 2.28. The zero-order chi connectivity index (χ0) is 19.0. The van der Waals surface area contributed by atoms with E-state index in [9.17, 15) is 14.0 Å². The van der Waals surface area contributed by atoms with E-state index in [1.54, 1.807) is 35.1 Å². The van der Waals surface area contributed by atoms with Crippen molar-refractivity contribution in [2.75, 3.05) is 26.2 Å². The molecule has 1 saturated heterocycles. The van der Waals surface area contributed by atoms with Crippen molar-refractivity contribution in [2.24, 2.45) is 0 Å². The van der Waals surface area contributed by atoms with E-state index in [0.29, 0.717) is 42.9 Å². The Labute approximate surface area is 157 Å². The Morgan fingerprint density at radius 2 is 1.70 bits per heavy atom. The summed E-state index contributed by atoms with van der Waals surface area (Å²) in [7, 11) is 0. The van der Waals surface area contributed by atoms with Crippen molar-refractivity contribution in [3.05, 3.63) is 52.6 Å². The summed E-state index contributed by atoms with van der Waals surface area (Å²) in [4.78, 5) is 28.9. The molecular formula is C20H23FN4O2. The lowest BCUT2D eigenvalue weighted by molar-refractivity contribution is 0.0534. The van der Waals surface area contributed by atoms with Crippen LogP contribution < -0.4 is 0 Å². The van der Waals surface area contributed by atoms with Crippen LogP contribution in [0.4, 0.5) is 4.39 Å². The van der Waals surface area contributed by atoms with Crippen molar-refractivity contribution < 1.29 is 14.0 Å². The average Bonchev–Trinajstić information content (AvgIpc) is 3.13. The molecule has 0 N–H and O–H groups in total. The number of rotatable bonds is 2. The fourth-order valence-electron chi connectivity index (χ4n) is 3.79. The molecule has 7 heteroatoms. The molecule has 2 amide bonds. The molecule has 2 aliphatic heterocycles. The lowest BCUT2D eigenvalue weighted by Gasteiger charge is -2.35. The molecule has 2 aromatic rings. The van der Waals surface area contributed by atoms with Gasteiger partial charge in [-0.15, -0.1) is 0 Å². The number of hydrogen-bond donors (Lipinski definition) is 0. The van der Waals surface area contributed by atoms with Gasteiger partial charge in [0.15, 0.2) is 0 Å². The first kappa shape index (κ1) is 17.7. The average molecular weight is 370 g/mol. The van der Waals surface area contributed by atoms with Crippen LogP contribution in [0.2, 0.25) is 0 Å². The van der Waals surface area contributed by atoms with Gasteiger partial charge in [0.1, 0.15) is 5.82 Å². The number of piperazine rings is 1. The summed E-state index contributed by atoms with van der Waals surface area (Å²) >= 11 is 0. The molecule has 0 saturated carbocycles. The molecule has 4 rings (SSSR count). The Morgan fingerprint density at radius 1 is 1.00 bits per heavy atom. The molecule has 3 heterocycles. The quantitative estimate of drug-likeness (QED) is 0.815. The molecule has 142 valence electrons. The molecule has 0 atom stereocenters. The van der Waals surface area contributed by atoms with Crippen molar-refractivity contribution in [3.63, 3.8) is 0 Å². The lowest BCUT2D eigenvalue weighted by atomic mass is 10.1. The van der Waals surface area contributed by atoms with Crippen molar-refractivity contribution in [2.45, 2.75) is 32.7 Å². The van der Waals surface area contributed by atoms with Gasteiger partial charge in [-0.1, -0.05) is 6.07 Å². The van der Waals surface area contributed by atoms with E-state index in [1.807, 2.05) is 4.68 Å². The first-order valence-corrected chi connectivity index (χ1v) is 9.44. The minimum atomic E-state index is -0.374. The number of fused-ring (bicyclic) bond motifs is 1. The number of benzene rings is 1. The molecule has 0 unspecified atom stereocenters. The molecule has 6 nitrogen and oxygen atoms in total. The number of nitrogens with zero attached hydrogens (tertiary/aromatic N) is 4. The summed E-state index contributed by atoms with van der Waals surface area (Å²) in [5.41, 5.74) is 2.59. The first-order chi connectivity index (χ1) is 13.0. The number of carbonyl (C=O) groups excluding carboxylic acids is 2. The van der Waals surface area contributed by atoms with Gasteiger partial charge in [0, 0.05) is 38.3 Å². The van der Waals surface area contributed by atoms with Crippen LogP contribution in [-0.4, -0.2) is 57.6 Å². The predicted octanol–water partition coefficient (Wildman–Crippen LogP) is 2.27. The molecule has 2 aliphatic rings. The molecule has 1 fully saturated rings. The monoisotopic (exact) mass is 370 g/mol. The van der Waals surface area contributed by atoms with E-state index in [-0.39, 0.29) is 17.6 Å². The molecule has 27 heavy (non-hydrogen) atoms.